The number of rotatable bonds is 4. The molecular weight excluding hydrogens is 376 g/mol. The van der Waals surface area contributed by atoms with Crippen LogP contribution in [0.2, 0.25) is 0 Å². The molecule has 0 unspecified atom stereocenters. The second-order valence-electron chi connectivity index (χ2n) is 6.58. The van der Waals surface area contributed by atoms with Crippen LogP contribution in [0.3, 0.4) is 0 Å². The summed E-state index contributed by atoms with van der Waals surface area (Å²) in [7, 11) is 0. The van der Waals surface area contributed by atoms with Gasteiger partial charge in [-0.05, 0) is 12.5 Å². The van der Waals surface area contributed by atoms with E-state index in [1.807, 2.05) is 30.3 Å². The summed E-state index contributed by atoms with van der Waals surface area (Å²) in [5.41, 5.74) is 1.57. The van der Waals surface area contributed by atoms with Gasteiger partial charge in [-0.3, -0.25) is 25.0 Å². The Morgan fingerprint density at radius 2 is 2.03 bits per heavy atom. The number of anilines is 2. The van der Waals surface area contributed by atoms with Crippen molar-refractivity contribution in [1.82, 2.24) is 14.8 Å². The molecule has 10 heteroatoms. The van der Waals surface area contributed by atoms with E-state index >= 15 is 0 Å². The Morgan fingerprint density at radius 3 is 2.76 bits per heavy atom. The van der Waals surface area contributed by atoms with Crippen LogP contribution in [0.1, 0.15) is 18.0 Å². The van der Waals surface area contributed by atoms with E-state index in [4.69, 9.17) is 0 Å². The molecule has 0 fully saturated rings. The minimum Gasteiger partial charge on any atom is -0.324 e. The minimum absolute atomic E-state index is 0.121. The number of hydrogen-bond acceptors (Lipinski definition) is 6. The monoisotopic (exact) mass is 392 g/mol. The van der Waals surface area contributed by atoms with Crippen molar-refractivity contribution in [2.45, 2.75) is 19.4 Å². The molecule has 2 heterocycles. The molecule has 2 aromatic carbocycles. The van der Waals surface area contributed by atoms with Crippen LogP contribution in [-0.4, -0.2) is 31.5 Å². The predicted octanol–water partition coefficient (Wildman–Crippen LogP) is 2.68. The molecule has 2 amide bonds. The number of hydrogen-bond donors (Lipinski definition) is 2. The van der Waals surface area contributed by atoms with E-state index < -0.39 is 16.9 Å². The van der Waals surface area contributed by atoms with E-state index in [9.17, 15) is 19.7 Å². The third-order valence-electron chi connectivity index (χ3n) is 4.58. The van der Waals surface area contributed by atoms with Gasteiger partial charge in [-0.1, -0.05) is 36.4 Å². The van der Waals surface area contributed by atoms with E-state index in [0.717, 1.165) is 5.56 Å². The van der Waals surface area contributed by atoms with Gasteiger partial charge in [0, 0.05) is 17.7 Å². The molecule has 1 aliphatic rings. The number of non-ortho nitro benzene ring substituents is 1. The van der Waals surface area contributed by atoms with Crippen LogP contribution in [-0.2, 0) is 9.59 Å². The molecule has 10 nitrogen and oxygen atoms in total. The van der Waals surface area contributed by atoms with Crippen molar-refractivity contribution in [2.24, 2.45) is 0 Å². The first-order chi connectivity index (χ1) is 13.9. The second-order valence-corrected chi connectivity index (χ2v) is 6.58. The van der Waals surface area contributed by atoms with Crippen LogP contribution >= 0.6 is 0 Å². The first-order valence-electron chi connectivity index (χ1n) is 8.80. The fourth-order valence-corrected chi connectivity index (χ4v) is 3.05. The maximum absolute atomic E-state index is 12.9. The number of carbonyl (C=O) groups excluding carboxylic acids is 2. The molecule has 0 radical (unpaired) electrons. The summed E-state index contributed by atoms with van der Waals surface area (Å²) in [5, 5.41) is 20.7. The van der Waals surface area contributed by atoms with Crippen molar-refractivity contribution < 1.29 is 14.5 Å². The molecule has 1 aromatic heterocycles. The minimum atomic E-state index is -0.928. The fraction of sp³-hybridized carbons (Fsp3) is 0.158. The average molecular weight is 392 g/mol. The number of nitrogens with zero attached hydrogens (tertiary/aromatic N) is 4. The van der Waals surface area contributed by atoms with Crippen molar-refractivity contribution in [3.8, 4) is 11.4 Å². The Morgan fingerprint density at radius 1 is 1.28 bits per heavy atom. The Bertz CT molecular complexity index is 1120. The first-order valence-corrected chi connectivity index (χ1v) is 8.80. The van der Waals surface area contributed by atoms with Gasteiger partial charge in [-0.15, -0.1) is 5.10 Å². The van der Waals surface area contributed by atoms with Crippen molar-refractivity contribution in [3.05, 3.63) is 64.2 Å². The van der Waals surface area contributed by atoms with E-state index in [2.05, 4.69) is 20.7 Å². The number of fused-ring (bicyclic) bond motifs is 1. The molecule has 1 aliphatic heterocycles. The van der Waals surface area contributed by atoms with Crippen LogP contribution in [0.25, 0.3) is 11.4 Å². The second kappa shape index (κ2) is 7.15. The van der Waals surface area contributed by atoms with Crippen LogP contribution in [0.4, 0.5) is 17.3 Å². The summed E-state index contributed by atoms with van der Waals surface area (Å²) in [4.78, 5) is 39.8. The number of nitro groups is 1. The van der Waals surface area contributed by atoms with Gasteiger partial charge in [0.2, 0.25) is 17.8 Å². The van der Waals surface area contributed by atoms with E-state index in [1.165, 1.54) is 16.8 Å². The SMILES string of the molecule is Cc1ccc([N+](=O)[O-])cc1NC(=O)[C@@H]1CC(=O)Nc2nc(-c3ccccc3)nn21. The predicted molar refractivity (Wildman–Crippen MR) is 104 cm³/mol. The highest BCUT2D eigenvalue weighted by molar-refractivity contribution is 6.01. The zero-order chi connectivity index (χ0) is 20.5. The maximum atomic E-state index is 12.9. The quantitative estimate of drug-likeness (QED) is 0.518. The first kappa shape index (κ1) is 18.3. The lowest BCUT2D eigenvalue weighted by molar-refractivity contribution is -0.384. The number of nitrogens with one attached hydrogen (secondary N) is 2. The molecule has 0 aliphatic carbocycles. The molecule has 2 N–H and O–H groups in total. The van der Waals surface area contributed by atoms with Crippen LogP contribution < -0.4 is 10.6 Å². The van der Waals surface area contributed by atoms with Gasteiger partial charge in [0.25, 0.3) is 5.69 Å². The smallest absolute Gasteiger partial charge is 0.271 e. The summed E-state index contributed by atoms with van der Waals surface area (Å²) in [6, 6.07) is 12.5. The molecule has 0 spiro atoms. The highest BCUT2D eigenvalue weighted by Gasteiger charge is 2.33. The normalized spacial score (nSPS) is 15.3. The number of aryl methyl sites for hydroxylation is 1. The number of aromatic nitrogens is 3. The molecule has 4 rings (SSSR count). The zero-order valence-corrected chi connectivity index (χ0v) is 15.3. The van der Waals surface area contributed by atoms with Gasteiger partial charge in [0.1, 0.15) is 6.04 Å². The average Bonchev–Trinajstić information content (AvgIpc) is 3.13. The summed E-state index contributed by atoms with van der Waals surface area (Å²) in [5.74, 6) is -0.308. The van der Waals surface area contributed by atoms with Gasteiger partial charge in [0.15, 0.2) is 5.82 Å². The Hall–Kier alpha value is -4.08. The standard InChI is InChI=1S/C19H16N6O4/c1-11-7-8-13(25(28)29)9-14(11)20-18(27)15-10-16(26)21-19-22-17(23-24(15)19)12-5-3-2-4-6-12/h2-9,15H,10H2,1H3,(H,20,27)(H,21,22,23,26)/t15-/m0/s1. The van der Waals surface area contributed by atoms with E-state index in [-0.39, 0.29) is 24.0 Å². The largest absolute Gasteiger partial charge is 0.324 e. The van der Waals surface area contributed by atoms with Gasteiger partial charge in [-0.25, -0.2) is 4.68 Å². The third-order valence-corrected chi connectivity index (χ3v) is 4.58. The number of amides is 2. The molecular formula is C19H16N6O4. The molecule has 1 atom stereocenters. The van der Waals surface area contributed by atoms with Gasteiger partial charge >= 0.3 is 0 Å². The lowest BCUT2D eigenvalue weighted by Crippen LogP contribution is -2.36. The van der Waals surface area contributed by atoms with Gasteiger partial charge in [0.05, 0.1) is 17.0 Å². The van der Waals surface area contributed by atoms with Crippen LogP contribution in [0.5, 0.6) is 0 Å². The number of carbonyl (C=O) groups is 2. The van der Waals surface area contributed by atoms with E-state index in [1.54, 1.807) is 13.0 Å². The number of nitro benzene ring substituents is 1. The van der Waals surface area contributed by atoms with Crippen LogP contribution in [0.15, 0.2) is 48.5 Å². The Labute approximate surface area is 164 Å². The molecule has 29 heavy (non-hydrogen) atoms. The highest BCUT2D eigenvalue weighted by Crippen LogP contribution is 2.28. The fourth-order valence-electron chi connectivity index (χ4n) is 3.05. The van der Waals surface area contributed by atoms with Crippen molar-refractivity contribution in [2.75, 3.05) is 10.6 Å². The molecule has 0 saturated carbocycles. The Balaban J connectivity index is 1.65. The summed E-state index contributed by atoms with van der Waals surface area (Å²) >= 11 is 0. The van der Waals surface area contributed by atoms with Crippen molar-refractivity contribution in [1.29, 1.82) is 0 Å². The zero-order valence-electron chi connectivity index (χ0n) is 15.3. The summed E-state index contributed by atoms with van der Waals surface area (Å²) in [6.45, 7) is 1.72. The maximum Gasteiger partial charge on any atom is 0.271 e. The van der Waals surface area contributed by atoms with Crippen molar-refractivity contribution >= 4 is 29.1 Å². The lowest BCUT2D eigenvalue weighted by atomic mass is 10.1. The molecule has 3 aromatic rings. The summed E-state index contributed by atoms with van der Waals surface area (Å²) in [6.07, 6.45) is -0.121. The topological polar surface area (TPSA) is 132 Å². The van der Waals surface area contributed by atoms with E-state index in [0.29, 0.717) is 17.1 Å². The molecule has 0 saturated heterocycles. The van der Waals surface area contributed by atoms with Gasteiger partial charge < -0.3 is 5.32 Å². The summed E-state index contributed by atoms with van der Waals surface area (Å²) < 4.78 is 1.37. The van der Waals surface area contributed by atoms with Crippen molar-refractivity contribution in [3.63, 3.8) is 0 Å². The van der Waals surface area contributed by atoms with Crippen LogP contribution in [0, 0.1) is 17.0 Å². The highest BCUT2D eigenvalue weighted by atomic mass is 16.6. The number of benzene rings is 2. The third kappa shape index (κ3) is 3.55. The molecule has 0 bridgehead atoms. The Kier molecular flexibility index (Phi) is 4.51. The van der Waals surface area contributed by atoms with Gasteiger partial charge in [-0.2, -0.15) is 4.98 Å². The molecule has 146 valence electrons. The lowest BCUT2D eigenvalue weighted by Gasteiger charge is -2.22.